The summed E-state index contributed by atoms with van der Waals surface area (Å²) in [5.74, 6) is 0.454. The van der Waals surface area contributed by atoms with Crippen molar-refractivity contribution in [2.45, 2.75) is 65.4 Å². The van der Waals surface area contributed by atoms with Crippen molar-refractivity contribution in [1.29, 1.82) is 0 Å². The summed E-state index contributed by atoms with van der Waals surface area (Å²) < 4.78 is 11.4. The fraction of sp³-hybridized carbons (Fsp3) is 0.636. The van der Waals surface area contributed by atoms with E-state index in [1.165, 1.54) is 6.42 Å². The molecule has 26 heavy (non-hydrogen) atoms. The Balaban J connectivity index is 1.88. The first-order valence-electron chi connectivity index (χ1n) is 9.89. The maximum Gasteiger partial charge on any atom is 0.310 e. The van der Waals surface area contributed by atoms with Crippen molar-refractivity contribution in [1.82, 2.24) is 0 Å². The molecule has 2 heterocycles. The van der Waals surface area contributed by atoms with Crippen LogP contribution in [0.1, 0.15) is 59.8 Å². The monoisotopic (exact) mass is 358 g/mol. The van der Waals surface area contributed by atoms with Gasteiger partial charge in [-0.05, 0) is 50.3 Å². The summed E-state index contributed by atoms with van der Waals surface area (Å²) in [5.41, 5.74) is 0.652. The lowest BCUT2D eigenvalue weighted by molar-refractivity contribution is -0.157. The average Bonchev–Trinajstić information content (AvgIpc) is 2.86. The second-order valence-corrected chi connectivity index (χ2v) is 8.01. The van der Waals surface area contributed by atoms with Gasteiger partial charge in [0.05, 0.1) is 5.92 Å². The molecule has 1 aliphatic carbocycles. The van der Waals surface area contributed by atoms with Crippen molar-refractivity contribution < 1.29 is 19.1 Å². The molecule has 3 aliphatic rings. The maximum atomic E-state index is 13.1. The third-order valence-corrected chi connectivity index (χ3v) is 6.18. The first-order valence-corrected chi connectivity index (χ1v) is 9.89. The number of ether oxygens (including phenoxy) is 2. The van der Waals surface area contributed by atoms with Gasteiger partial charge in [0, 0.05) is 11.5 Å². The van der Waals surface area contributed by atoms with Gasteiger partial charge in [-0.3, -0.25) is 9.59 Å². The zero-order valence-electron chi connectivity index (χ0n) is 16.3. The highest BCUT2D eigenvalue weighted by molar-refractivity contribution is 6.07. The van der Waals surface area contributed by atoms with E-state index in [0.29, 0.717) is 12.0 Å². The quantitative estimate of drug-likeness (QED) is 0.518. The highest BCUT2D eigenvalue weighted by Gasteiger charge is 2.60. The van der Waals surface area contributed by atoms with Crippen LogP contribution in [0, 0.1) is 17.8 Å². The lowest BCUT2D eigenvalue weighted by Crippen LogP contribution is -2.48. The molecule has 0 saturated carbocycles. The van der Waals surface area contributed by atoms with Crippen LogP contribution in [0.15, 0.2) is 35.1 Å². The highest BCUT2D eigenvalue weighted by Crippen LogP contribution is 2.50. The predicted octanol–water partition coefficient (Wildman–Crippen LogP) is 4.51. The van der Waals surface area contributed by atoms with E-state index in [4.69, 9.17) is 9.47 Å². The molecule has 3 rings (SSSR count). The molecule has 4 nitrogen and oxygen atoms in total. The Morgan fingerprint density at radius 3 is 2.81 bits per heavy atom. The molecule has 0 aromatic heterocycles. The second-order valence-electron chi connectivity index (χ2n) is 8.01. The number of ketones is 1. The Morgan fingerprint density at radius 1 is 1.35 bits per heavy atom. The summed E-state index contributed by atoms with van der Waals surface area (Å²) in [7, 11) is 0. The van der Waals surface area contributed by atoms with Crippen LogP contribution in [0.3, 0.4) is 0 Å². The van der Waals surface area contributed by atoms with Crippen molar-refractivity contribution in [2.75, 3.05) is 6.61 Å². The van der Waals surface area contributed by atoms with Gasteiger partial charge in [-0.25, -0.2) is 0 Å². The Hall–Kier alpha value is -1.84. The summed E-state index contributed by atoms with van der Waals surface area (Å²) in [4.78, 5) is 25.8. The number of esters is 1. The predicted molar refractivity (Wildman–Crippen MR) is 100 cm³/mol. The average molecular weight is 358 g/mol. The van der Waals surface area contributed by atoms with Crippen LogP contribution in [-0.4, -0.2) is 24.0 Å². The fourth-order valence-electron chi connectivity index (χ4n) is 4.66. The molecule has 0 N–H and O–H groups in total. The minimum absolute atomic E-state index is 0.0730. The van der Waals surface area contributed by atoms with Crippen LogP contribution >= 0.6 is 0 Å². The molecule has 4 atom stereocenters. The molecular formula is C22H30O4. The summed E-state index contributed by atoms with van der Waals surface area (Å²) >= 11 is 0. The molecule has 1 fully saturated rings. The van der Waals surface area contributed by atoms with Gasteiger partial charge < -0.3 is 9.47 Å². The highest BCUT2D eigenvalue weighted by atomic mass is 16.6. The molecule has 0 bridgehead atoms. The lowest BCUT2D eigenvalue weighted by atomic mass is 9.65. The van der Waals surface area contributed by atoms with Gasteiger partial charge in [-0.15, -0.1) is 0 Å². The minimum Gasteiger partial charge on any atom is -0.489 e. The van der Waals surface area contributed by atoms with Crippen LogP contribution in [0.25, 0.3) is 0 Å². The molecule has 0 spiro atoms. The molecule has 0 aromatic carbocycles. The van der Waals surface area contributed by atoms with Gasteiger partial charge in [0.15, 0.2) is 5.60 Å². The number of hydrogen-bond donors (Lipinski definition) is 0. The van der Waals surface area contributed by atoms with Crippen molar-refractivity contribution in [3.63, 3.8) is 0 Å². The largest absolute Gasteiger partial charge is 0.489 e. The molecular weight excluding hydrogens is 328 g/mol. The molecule has 0 amide bonds. The molecule has 4 heteroatoms. The first kappa shape index (κ1) is 18.9. The van der Waals surface area contributed by atoms with Crippen molar-refractivity contribution in [3.05, 3.63) is 35.1 Å². The number of allylic oxidation sites excluding steroid dienone is 4. The molecule has 1 saturated heterocycles. The van der Waals surface area contributed by atoms with Gasteiger partial charge in [-0.1, -0.05) is 39.2 Å². The van der Waals surface area contributed by atoms with Gasteiger partial charge >= 0.3 is 5.97 Å². The maximum absolute atomic E-state index is 13.1. The third-order valence-electron chi connectivity index (χ3n) is 6.18. The van der Waals surface area contributed by atoms with Gasteiger partial charge in [0.1, 0.15) is 12.4 Å². The van der Waals surface area contributed by atoms with E-state index in [-0.39, 0.29) is 36.1 Å². The zero-order valence-corrected chi connectivity index (χ0v) is 16.3. The van der Waals surface area contributed by atoms with Gasteiger partial charge in [-0.2, -0.15) is 0 Å². The van der Waals surface area contributed by atoms with Crippen LogP contribution < -0.4 is 0 Å². The summed E-state index contributed by atoms with van der Waals surface area (Å²) in [6, 6.07) is 0. The van der Waals surface area contributed by atoms with Crippen LogP contribution in [0.2, 0.25) is 0 Å². The van der Waals surface area contributed by atoms with E-state index in [2.05, 4.69) is 13.8 Å². The summed E-state index contributed by atoms with van der Waals surface area (Å²) in [5, 5.41) is 0. The van der Waals surface area contributed by atoms with E-state index < -0.39 is 5.60 Å². The first-order chi connectivity index (χ1) is 12.4. The van der Waals surface area contributed by atoms with Crippen molar-refractivity contribution in [3.8, 4) is 0 Å². The number of fused-ring (bicyclic) bond motifs is 1. The SMILES string of the molecule is CC=CC1=CC2=C(CO1)C(=O)[C@]1(C)OC(=O)[C@H](C(C)CCCCC)[C@H]1C2. The standard InChI is InChI=1S/C22H30O4/c1-5-7-8-10-14(3)19-18-12-15-11-16(9-6-2)25-13-17(15)20(23)22(18,4)26-21(19)24/h6,9,11,14,18-19H,5,7-8,10,12-13H2,1-4H3/t14?,18-,19-,22-/m1/s1. The van der Waals surface area contributed by atoms with Gasteiger partial charge in [0.2, 0.25) is 5.78 Å². The van der Waals surface area contributed by atoms with Crippen molar-refractivity contribution >= 4 is 11.8 Å². The molecule has 0 radical (unpaired) electrons. The van der Waals surface area contributed by atoms with Crippen molar-refractivity contribution in [2.24, 2.45) is 17.8 Å². The van der Waals surface area contributed by atoms with E-state index in [9.17, 15) is 9.59 Å². The molecule has 2 aliphatic heterocycles. The number of carbonyl (C=O) groups is 2. The number of rotatable bonds is 6. The third kappa shape index (κ3) is 3.15. The molecule has 142 valence electrons. The molecule has 0 aromatic rings. The number of hydrogen-bond acceptors (Lipinski definition) is 4. The van der Waals surface area contributed by atoms with E-state index in [0.717, 1.165) is 30.6 Å². The summed E-state index contributed by atoms with van der Waals surface area (Å²) in [6.45, 7) is 8.31. The normalized spacial score (nSPS) is 32.1. The van der Waals surface area contributed by atoms with Crippen LogP contribution in [-0.2, 0) is 19.1 Å². The summed E-state index contributed by atoms with van der Waals surface area (Å²) in [6.07, 6.45) is 10.9. The van der Waals surface area contributed by atoms with Crippen LogP contribution in [0.4, 0.5) is 0 Å². The minimum atomic E-state index is -1.03. The lowest BCUT2D eigenvalue weighted by Gasteiger charge is -2.38. The zero-order chi connectivity index (χ0) is 18.9. The smallest absolute Gasteiger partial charge is 0.310 e. The van der Waals surface area contributed by atoms with E-state index in [1.54, 1.807) is 6.92 Å². The Morgan fingerprint density at radius 2 is 2.12 bits per heavy atom. The van der Waals surface area contributed by atoms with E-state index in [1.807, 2.05) is 25.2 Å². The topological polar surface area (TPSA) is 52.6 Å². The number of Topliss-reactive ketones (excluding diaryl/α,β-unsaturated/α-hetero) is 1. The number of carbonyl (C=O) groups excluding carboxylic acids is 2. The Kier molecular flexibility index (Phi) is 5.40. The van der Waals surface area contributed by atoms with E-state index >= 15 is 0 Å². The number of unbranched alkanes of at least 4 members (excludes halogenated alkanes) is 2. The fourth-order valence-corrected chi connectivity index (χ4v) is 4.66. The second kappa shape index (κ2) is 7.42. The Labute approximate surface area is 156 Å². The van der Waals surface area contributed by atoms with Crippen LogP contribution in [0.5, 0.6) is 0 Å². The Bertz CT molecular complexity index is 684. The van der Waals surface area contributed by atoms with Gasteiger partial charge in [0.25, 0.3) is 0 Å². The molecule has 1 unspecified atom stereocenters.